The Morgan fingerprint density at radius 3 is 2.31 bits per heavy atom. The highest BCUT2D eigenvalue weighted by molar-refractivity contribution is 6.30. The Labute approximate surface area is 176 Å². The van der Waals surface area contributed by atoms with Crippen LogP contribution in [-0.4, -0.2) is 0 Å². The first kappa shape index (κ1) is 19.5. The van der Waals surface area contributed by atoms with Crippen LogP contribution in [-0.2, 0) is 0 Å². The minimum atomic E-state index is -0.374. The molecule has 0 saturated heterocycles. The highest BCUT2D eigenvalue weighted by Crippen LogP contribution is 2.42. The predicted molar refractivity (Wildman–Crippen MR) is 119 cm³/mol. The van der Waals surface area contributed by atoms with Crippen LogP contribution in [0.25, 0.3) is 11.1 Å². The van der Waals surface area contributed by atoms with Gasteiger partial charge in [-0.2, -0.15) is 0 Å². The monoisotopic (exact) mass is 404 g/mol. The molecule has 1 aliphatic rings. The summed E-state index contributed by atoms with van der Waals surface area (Å²) in [5.74, 6) is 1.07. The van der Waals surface area contributed by atoms with E-state index in [1.54, 1.807) is 12.1 Å². The molecule has 0 radical (unpaired) electrons. The molecule has 1 saturated carbocycles. The molecule has 1 aliphatic carbocycles. The van der Waals surface area contributed by atoms with E-state index in [1.165, 1.54) is 30.0 Å². The Balaban J connectivity index is 1.60. The molecule has 0 bridgehead atoms. The lowest BCUT2D eigenvalue weighted by Crippen LogP contribution is -1.91. The van der Waals surface area contributed by atoms with Crippen LogP contribution in [0.1, 0.15) is 30.9 Å². The zero-order valence-electron chi connectivity index (χ0n) is 16.2. The molecule has 0 unspecified atom stereocenters. The molecule has 3 aromatic rings. The molecule has 3 heteroatoms. The van der Waals surface area contributed by atoms with Crippen molar-refractivity contribution >= 4 is 22.7 Å². The molecular formula is C26H22ClFO. The molecule has 4 rings (SSSR count). The average molecular weight is 405 g/mol. The van der Waals surface area contributed by atoms with Crippen molar-refractivity contribution in [3.63, 3.8) is 0 Å². The summed E-state index contributed by atoms with van der Waals surface area (Å²) in [6, 6.07) is 22.2. The van der Waals surface area contributed by atoms with E-state index in [2.05, 4.69) is 24.3 Å². The lowest BCUT2D eigenvalue weighted by atomic mass is 9.99. The van der Waals surface area contributed by atoms with E-state index >= 15 is 0 Å². The lowest BCUT2D eigenvalue weighted by Gasteiger charge is -2.10. The smallest absolute Gasteiger partial charge is 0.165 e. The fraction of sp³-hybridized carbons (Fsp3) is 0.154. The first-order chi connectivity index (χ1) is 14.1. The lowest BCUT2D eigenvalue weighted by molar-refractivity contribution is 0.442. The second kappa shape index (κ2) is 8.67. The van der Waals surface area contributed by atoms with E-state index in [0.717, 1.165) is 16.2 Å². The molecule has 3 aromatic carbocycles. The fourth-order valence-corrected chi connectivity index (χ4v) is 3.38. The van der Waals surface area contributed by atoms with Crippen molar-refractivity contribution in [3.05, 3.63) is 107 Å². The first-order valence-corrected chi connectivity index (χ1v) is 10.2. The summed E-state index contributed by atoms with van der Waals surface area (Å²) in [7, 11) is 0. The van der Waals surface area contributed by atoms with E-state index in [0.29, 0.717) is 11.7 Å². The van der Waals surface area contributed by atoms with Gasteiger partial charge in [-0.25, -0.2) is 4.39 Å². The molecule has 1 nitrogen and oxygen atoms in total. The number of hydrogen-bond donors (Lipinski definition) is 0. The number of halogens is 2. The Kier molecular flexibility index (Phi) is 5.82. The van der Waals surface area contributed by atoms with Crippen molar-refractivity contribution < 1.29 is 9.13 Å². The standard InChI is InChI=1S/C26H22ClFO/c1-18(7-15-24(19-8-9-19)20-10-13-22(27)14-11-20)21-12-16-25(28)26(17-21)29-23-5-3-2-4-6-23/h2-7,10-17,19H,8-9H2,1H3. The summed E-state index contributed by atoms with van der Waals surface area (Å²) in [6.07, 6.45) is 6.71. The van der Waals surface area contributed by atoms with Gasteiger partial charge in [0, 0.05) is 5.02 Å². The van der Waals surface area contributed by atoms with Crippen molar-refractivity contribution in [2.75, 3.05) is 0 Å². The normalized spacial score (nSPS) is 14.7. The van der Waals surface area contributed by atoms with Crippen LogP contribution < -0.4 is 4.74 Å². The number of ether oxygens (including phenoxy) is 1. The second-order valence-electron chi connectivity index (χ2n) is 7.31. The maximum Gasteiger partial charge on any atom is 0.165 e. The Hall–Kier alpha value is -2.84. The number of hydrogen-bond acceptors (Lipinski definition) is 1. The summed E-state index contributed by atoms with van der Waals surface area (Å²) in [5.41, 5.74) is 4.51. The zero-order chi connectivity index (χ0) is 20.2. The minimum Gasteiger partial charge on any atom is -0.454 e. The fourth-order valence-electron chi connectivity index (χ4n) is 3.26. The van der Waals surface area contributed by atoms with Crippen LogP contribution in [0.2, 0.25) is 5.02 Å². The maximum absolute atomic E-state index is 14.2. The van der Waals surface area contributed by atoms with E-state index < -0.39 is 0 Å². The van der Waals surface area contributed by atoms with Gasteiger partial charge in [-0.05, 0) is 84.4 Å². The number of para-hydroxylation sites is 1. The summed E-state index contributed by atoms with van der Waals surface area (Å²) in [6.45, 7) is 2.03. The second-order valence-corrected chi connectivity index (χ2v) is 7.75. The number of allylic oxidation sites excluding steroid dienone is 4. The summed E-state index contributed by atoms with van der Waals surface area (Å²) in [5, 5.41) is 0.743. The molecule has 0 aromatic heterocycles. The Morgan fingerprint density at radius 2 is 1.62 bits per heavy atom. The Bertz CT molecular complexity index is 1050. The molecule has 0 heterocycles. The third-order valence-corrected chi connectivity index (χ3v) is 5.32. The molecule has 0 atom stereocenters. The SMILES string of the molecule is CC(=CC=C(c1ccc(Cl)cc1)C1CC1)c1ccc(F)c(Oc2ccccc2)c1. The molecule has 29 heavy (non-hydrogen) atoms. The predicted octanol–water partition coefficient (Wildman–Crippen LogP) is 8.17. The van der Waals surface area contributed by atoms with Crippen LogP contribution in [0.5, 0.6) is 11.5 Å². The minimum absolute atomic E-state index is 0.227. The van der Waals surface area contributed by atoms with Gasteiger partial charge in [-0.3, -0.25) is 0 Å². The van der Waals surface area contributed by atoms with Gasteiger partial charge >= 0.3 is 0 Å². The molecule has 146 valence electrons. The van der Waals surface area contributed by atoms with Gasteiger partial charge in [0.15, 0.2) is 11.6 Å². The van der Waals surface area contributed by atoms with Crippen LogP contribution >= 0.6 is 11.6 Å². The Morgan fingerprint density at radius 1 is 0.931 bits per heavy atom. The van der Waals surface area contributed by atoms with Gasteiger partial charge in [-0.1, -0.05) is 60.2 Å². The van der Waals surface area contributed by atoms with Gasteiger partial charge in [0.1, 0.15) is 5.75 Å². The van der Waals surface area contributed by atoms with E-state index in [9.17, 15) is 4.39 Å². The number of benzene rings is 3. The summed E-state index contributed by atoms with van der Waals surface area (Å²) in [4.78, 5) is 0. The molecule has 0 aliphatic heterocycles. The van der Waals surface area contributed by atoms with Crippen LogP contribution in [0.15, 0.2) is 84.9 Å². The van der Waals surface area contributed by atoms with Gasteiger partial charge in [0.2, 0.25) is 0 Å². The number of rotatable bonds is 6. The maximum atomic E-state index is 14.2. The van der Waals surface area contributed by atoms with Gasteiger partial charge in [0.05, 0.1) is 0 Å². The molecule has 0 amide bonds. The van der Waals surface area contributed by atoms with Gasteiger partial charge < -0.3 is 4.74 Å². The quantitative estimate of drug-likeness (QED) is 0.376. The topological polar surface area (TPSA) is 9.23 Å². The summed E-state index contributed by atoms with van der Waals surface area (Å²) < 4.78 is 20.0. The third kappa shape index (κ3) is 4.96. The highest BCUT2D eigenvalue weighted by Gasteiger charge is 2.26. The van der Waals surface area contributed by atoms with Crippen molar-refractivity contribution in [1.82, 2.24) is 0 Å². The summed E-state index contributed by atoms with van der Waals surface area (Å²) >= 11 is 6.03. The van der Waals surface area contributed by atoms with Crippen molar-refractivity contribution in [2.45, 2.75) is 19.8 Å². The largest absolute Gasteiger partial charge is 0.454 e. The van der Waals surface area contributed by atoms with Crippen LogP contribution in [0.4, 0.5) is 4.39 Å². The van der Waals surface area contributed by atoms with Crippen molar-refractivity contribution in [2.24, 2.45) is 5.92 Å². The first-order valence-electron chi connectivity index (χ1n) is 9.77. The molecule has 0 spiro atoms. The molecular weight excluding hydrogens is 383 g/mol. The van der Waals surface area contributed by atoms with Gasteiger partial charge in [0.25, 0.3) is 0 Å². The zero-order valence-corrected chi connectivity index (χ0v) is 17.0. The van der Waals surface area contributed by atoms with Crippen molar-refractivity contribution in [1.29, 1.82) is 0 Å². The van der Waals surface area contributed by atoms with Gasteiger partial charge in [-0.15, -0.1) is 0 Å². The van der Waals surface area contributed by atoms with Crippen LogP contribution in [0, 0.1) is 11.7 Å². The molecule has 0 N–H and O–H groups in total. The highest BCUT2D eigenvalue weighted by atomic mass is 35.5. The average Bonchev–Trinajstić information content (AvgIpc) is 3.57. The van der Waals surface area contributed by atoms with E-state index in [4.69, 9.17) is 16.3 Å². The third-order valence-electron chi connectivity index (χ3n) is 5.07. The van der Waals surface area contributed by atoms with E-state index in [-0.39, 0.29) is 11.6 Å². The van der Waals surface area contributed by atoms with Crippen molar-refractivity contribution in [3.8, 4) is 11.5 Å². The molecule has 1 fully saturated rings. The van der Waals surface area contributed by atoms with E-state index in [1.807, 2.05) is 49.4 Å². The van der Waals surface area contributed by atoms with Crippen LogP contribution in [0.3, 0.4) is 0 Å².